The second-order valence-corrected chi connectivity index (χ2v) is 11.3. The third-order valence-corrected chi connectivity index (χ3v) is 9.07. The van der Waals surface area contributed by atoms with Gasteiger partial charge in [-0.25, -0.2) is 8.42 Å². The van der Waals surface area contributed by atoms with Crippen molar-refractivity contribution in [3.63, 3.8) is 0 Å². The molecule has 1 aromatic carbocycles. The molecule has 2 aliphatic heterocycles. The minimum absolute atomic E-state index is 0.0824. The Kier molecular flexibility index (Phi) is 7.14. The zero-order valence-corrected chi connectivity index (χ0v) is 21.0. The fourth-order valence-corrected chi connectivity index (χ4v) is 6.91. The third kappa shape index (κ3) is 4.77. The summed E-state index contributed by atoms with van der Waals surface area (Å²) in [4.78, 5) is 31.0. The molecule has 2 N–H and O–H groups in total. The van der Waals surface area contributed by atoms with E-state index in [0.29, 0.717) is 37.3 Å². The maximum absolute atomic E-state index is 13.7. The Labute approximate surface area is 201 Å². The Morgan fingerprint density at radius 2 is 1.59 bits per heavy atom. The SMILES string of the molecule is Cc1ccccc1NC(=O)C1CCN(S(=O)(=O)c2c(C)[nH]c(C)c2C(=O)N2CCCCC2)CC1. The van der Waals surface area contributed by atoms with E-state index in [0.717, 1.165) is 30.5 Å². The van der Waals surface area contributed by atoms with E-state index in [9.17, 15) is 18.0 Å². The van der Waals surface area contributed by atoms with Crippen LogP contribution in [0.4, 0.5) is 5.69 Å². The van der Waals surface area contributed by atoms with Crippen LogP contribution in [-0.4, -0.2) is 60.6 Å². The lowest BCUT2D eigenvalue weighted by Gasteiger charge is -2.31. The topological polar surface area (TPSA) is 103 Å². The number of aryl methyl sites for hydroxylation is 3. The summed E-state index contributed by atoms with van der Waals surface area (Å²) in [5.41, 5.74) is 3.09. The number of hydrogen-bond acceptors (Lipinski definition) is 4. The molecular formula is C25H34N4O4S. The standard InChI is InChI=1S/C25H34N4O4S/c1-17-9-5-6-10-21(17)27-24(30)20-11-15-29(16-12-20)34(32,33)23-19(3)26-18(2)22(23)25(31)28-13-7-4-8-14-28/h5-6,9-10,20,26H,4,7-8,11-16H2,1-3H3,(H,27,30). The van der Waals surface area contributed by atoms with Gasteiger partial charge in [0.15, 0.2) is 0 Å². The molecule has 2 aliphatic rings. The van der Waals surface area contributed by atoms with Gasteiger partial charge in [0.1, 0.15) is 4.90 Å². The fourth-order valence-electron chi connectivity index (χ4n) is 5.03. The van der Waals surface area contributed by atoms with Crippen molar-refractivity contribution in [3.8, 4) is 0 Å². The quantitative estimate of drug-likeness (QED) is 0.674. The van der Waals surface area contributed by atoms with Gasteiger partial charge in [-0.05, 0) is 64.5 Å². The van der Waals surface area contributed by atoms with Gasteiger partial charge in [-0.1, -0.05) is 18.2 Å². The smallest absolute Gasteiger partial charge is 0.257 e. The van der Waals surface area contributed by atoms with E-state index < -0.39 is 10.0 Å². The van der Waals surface area contributed by atoms with Gasteiger partial charge in [0, 0.05) is 49.2 Å². The Bertz CT molecular complexity index is 1170. The van der Waals surface area contributed by atoms with Gasteiger partial charge in [-0.2, -0.15) is 4.31 Å². The highest BCUT2D eigenvalue weighted by Gasteiger charge is 2.38. The lowest BCUT2D eigenvalue weighted by atomic mass is 9.97. The van der Waals surface area contributed by atoms with E-state index >= 15 is 0 Å². The second kappa shape index (κ2) is 9.92. The minimum atomic E-state index is -3.88. The number of H-pyrrole nitrogens is 1. The summed E-state index contributed by atoms with van der Waals surface area (Å²) >= 11 is 0. The van der Waals surface area contributed by atoms with Crippen LogP contribution in [0.1, 0.15) is 59.4 Å². The lowest BCUT2D eigenvalue weighted by Crippen LogP contribution is -2.42. The summed E-state index contributed by atoms with van der Waals surface area (Å²) in [7, 11) is -3.88. The molecule has 184 valence electrons. The number of nitrogens with zero attached hydrogens (tertiary/aromatic N) is 2. The van der Waals surface area contributed by atoms with Crippen molar-refractivity contribution in [1.29, 1.82) is 0 Å². The van der Waals surface area contributed by atoms with Gasteiger partial charge in [-0.15, -0.1) is 0 Å². The lowest BCUT2D eigenvalue weighted by molar-refractivity contribution is -0.120. The fraction of sp³-hybridized carbons (Fsp3) is 0.520. The first-order valence-corrected chi connectivity index (χ1v) is 13.5. The van der Waals surface area contributed by atoms with Crippen LogP contribution >= 0.6 is 0 Å². The van der Waals surface area contributed by atoms with Crippen LogP contribution in [0, 0.1) is 26.7 Å². The molecule has 3 heterocycles. The number of amides is 2. The van der Waals surface area contributed by atoms with E-state index in [1.807, 2.05) is 31.2 Å². The maximum atomic E-state index is 13.7. The van der Waals surface area contributed by atoms with Gasteiger partial charge >= 0.3 is 0 Å². The number of carbonyl (C=O) groups excluding carboxylic acids is 2. The first-order valence-electron chi connectivity index (χ1n) is 12.0. The summed E-state index contributed by atoms with van der Waals surface area (Å²) in [6.45, 7) is 7.20. The Morgan fingerprint density at radius 3 is 2.24 bits per heavy atom. The van der Waals surface area contributed by atoms with Gasteiger partial charge < -0.3 is 15.2 Å². The molecule has 8 nitrogen and oxygen atoms in total. The van der Waals surface area contributed by atoms with Gasteiger partial charge in [0.25, 0.3) is 5.91 Å². The number of rotatable bonds is 5. The molecule has 1 aromatic heterocycles. The number of sulfonamides is 1. The molecule has 2 saturated heterocycles. The molecule has 0 radical (unpaired) electrons. The van der Waals surface area contributed by atoms with E-state index in [1.54, 1.807) is 18.7 Å². The average Bonchev–Trinajstić information content (AvgIpc) is 3.14. The molecule has 9 heteroatoms. The number of hydrogen-bond donors (Lipinski definition) is 2. The number of carbonyl (C=O) groups is 2. The van der Waals surface area contributed by atoms with E-state index in [2.05, 4.69) is 10.3 Å². The van der Waals surface area contributed by atoms with Crippen LogP contribution in [0.5, 0.6) is 0 Å². The molecule has 2 fully saturated rings. The predicted molar refractivity (Wildman–Crippen MR) is 131 cm³/mol. The molecule has 0 unspecified atom stereocenters. The van der Waals surface area contributed by atoms with Gasteiger partial charge in [0.2, 0.25) is 15.9 Å². The summed E-state index contributed by atoms with van der Waals surface area (Å²) in [5.74, 6) is -0.553. The van der Waals surface area contributed by atoms with E-state index in [1.165, 1.54) is 4.31 Å². The van der Waals surface area contributed by atoms with Gasteiger partial charge in [0.05, 0.1) is 5.56 Å². The average molecular weight is 487 g/mol. The van der Waals surface area contributed by atoms with Gasteiger partial charge in [-0.3, -0.25) is 9.59 Å². The molecule has 2 amide bonds. The highest BCUT2D eigenvalue weighted by molar-refractivity contribution is 7.89. The maximum Gasteiger partial charge on any atom is 0.257 e. The second-order valence-electron chi connectivity index (χ2n) is 9.41. The van der Waals surface area contributed by atoms with Crippen molar-refractivity contribution in [3.05, 3.63) is 46.8 Å². The molecule has 4 rings (SSSR count). The number of anilines is 1. The molecule has 0 bridgehead atoms. The zero-order chi connectivity index (χ0) is 24.5. The number of likely N-dealkylation sites (tertiary alicyclic amines) is 1. The monoisotopic (exact) mass is 486 g/mol. The highest BCUT2D eigenvalue weighted by atomic mass is 32.2. The van der Waals surface area contributed by atoms with Crippen LogP contribution in [0.25, 0.3) is 0 Å². The normalized spacial score (nSPS) is 18.1. The van der Waals surface area contributed by atoms with Crippen molar-refractivity contribution in [2.75, 3.05) is 31.5 Å². The largest absolute Gasteiger partial charge is 0.361 e. The van der Waals surface area contributed by atoms with Crippen molar-refractivity contribution < 1.29 is 18.0 Å². The van der Waals surface area contributed by atoms with E-state index in [-0.39, 0.29) is 41.3 Å². The summed E-state index contributed by atoms with van der Waals surface area (Å²) in [5, 5.41) is 2.98. The molecular weight excluding hydrogens is 452 g/mol. The number of para-hydroxylation sites is 1. The Morgan fingerprint density at radius 1 is 0.941 bits per heavy atom. The molecule has 0 spiro atoms. The molecule has 0 atom stereocenters. The molecule has 34 heavy (non-hydrogen) atoms. The number of nitrogens with one attached hydrogen (secondary N) is 2. The number of aromatic nitrogens is 1. The summed E-state index contributed by atoms with van der Waals surface area (Å²) < 4.78 is 28.8. The molecule has 2 aromatic rings. The van der Waals surface area contributed by atoms with E-state index in [4.69, 9.17) is 0 Å². The summed E-state index contributed by atoms with van der Waals surface area (Å²) in [6, 6.07) is 7.60. The van der Waals surface area contributed by atoms with Crippen molar-refractivity contribution in [2.45, 2.75) is 57.8 Å². The summed E-state index contributed by atoms with van der Waals surface area (Å²) in [6.07, 6.45) is 3.85. The van der Waals surface area contributed by atoms with Crippen molar-refractivity contribution >= 4 is 27.5 Å². The van der Waals surface area contributed by atoms with Crippen LogP contribution in [0.2, 0.25) is 0 Å². The number of benzene rings is 1. The molecule has 0 aliphatic carbocycles. The minimum Gasteiger partial charge on any atom is -0.361 e. The third-order valence-electron chi connectivity index (χ3n) is 7.00. The van der Waals surface area contributed by atoms with Crippen molar-refractivity contribution in [2.24, 2.45) is 5.92 Å². The van der Waals surface area contributed by atoms with Crippen LogP contribution in [0.15, 0.2) is 29.2 Å². The first-order chi connectivity index (χ1) is 16.2. The predicted octanol–water partition coefficient (Wildman–Crippen LogP) is 3.61. The Balaban J connectivity index is 1.49. The Hall–Kier alpha value is -2.65. The number of aromatic amines is 1. The van der Waals surface area contributed by atoms with Crippen LogP contribution < -0.4 is 5.32 Å². The first kappa shape index (κ1) is 24.5. The zero-order valence-electron chi connectivity index (χ0n) is 20.2. The van der Waals surface area contributed by atoms with Crippen LogP contribution in [0.3, 0.4) is 0 Å². The highest BCUT2D eigenvalue weighted by Crippen LogP contribution is 2.31. The number of piperidine rings is 2. The molecule has 0 saturated carbocycles. The van der Waals surface area contributed by atoms with Crippen molar-refractivity contribution in [1.82, 2.24) is 14.2 Å². The van der Waals surface area contributed by atoms with Crippen LogP contribution in [-0.2, 0) is 14.8 Å².